The van der Waals surface area contributed by atoms with Gasteiger partial charge in [-0.25, -0.2) is 4.98 Å². The van der Waals surface area contributed by atoms with Crippen LogP contribution >= 0.6 is 27.5 Å². The summed E-state index contributed by atoms with van der Waals surface area (Å²) in [5.74, 6) is 1.57. The lowest BCUT2D eigenvalue weighted by atomic mass is 10.2. The highest BCUT2D eigenvalue weighted by molar-refractivity contribution is 9.10. The minimum atomic E-state index is 0.565. The van der Waals surface area contributed by atoms with Crippen molar-refractivity contribution in [3.63, 3.8) is 0 Å². The number of para-hydroxylation sites is 1. The molecule has 0 amide bonds. The van der Waals surface area contributed by atoms with Crippen molar-refractivity contribution in [1.82, 2.24) is 9.55 Å². The van der Waals surface area contributed by atoms with Gasteiger partial charge >= 0.3 is 0 Å². The minimum absolute atomic E-state index is 0.565. The number of rotatable bonds is 3. The van der Waals surface area contributed by atoms with E-state index in [0.29, 0.717) is 5.88 Å². The Morgan fingerprint density at radius 3 is 2.67 bits per heavy atom. The number of imidazole rings is 1. The van der Waals surface area contributed by atoms with Crippen LogP contribution < -0.4 is 0 Å². The second-order valence-electron chi connectivity index (χ2n) is 5.18. The second kappa shape index (κ2) is 5.82. The number of fused-ring (bicyclic) bond motifs is 1. The Hall–Kier alpha value is -1.32. The molecule has 0 saturated heterocycles. The van der Waals surface area contributed by atoms with Crippen LogP contribution in [0.25, 0.3) is 16.7 Å². The van der Waals surface area contributed by atoms with Gasteiger partial charge in [0.25, 0.3) is 0 Å². The molecule has 2 aromatic carbocycles. The molecule has 0 aliphatic carbocycles. The molecule has 0 unspecified atom stereocenters. The molecule has 4 heteroatoms. The van der Waals surface area contributed by atoms with Crippen molar-refractivity contribution >= 4 is 38.6 Å². The van der Waals surface area contributed by atoms with Gasteiger partial charge in [-0.2, -0.15) is 0 Å². The third kappa shape index (κ3) is 2.60. The number of benzene rings is 2. The first kappa shape index (κ1) is 14.6. The van der Waals surface area contributed by atoms with Crippen LogP contribution in [0.4, 0.5) is 0 Å². The van der Waals surface area contributed by atoms with Crippen LogP contribution in [0.5, 0.6) is 0 Å². The topological polar surface area (TPSA) is 17.8 Å². The number of aryl methyl sites for hydroxylation is 3. The fourth-order valence-corrected chi connectivity index (χ4v) is 3.08. The fourth-order valence-electron chi connectivity index (χ4n) is 2.55. The summed E-state index contributed by atoms with van der Waals surface area (Å²) >= 11 is 9.57. The van der Waals surface area contributed by atoms with E-state index in [1.165, 1.54) is 11.1 Å². The molecule has 2 nitrogen and oxygen atoms in total. The van der Waals surface area contributed by atoms with Crippen LogP contribution in [-0.2, 0) is 6.42 Å². The summed E-state index contributed by atoms with van der Waals surface area (Å²) in [4.78, 5) is 4.79. The van der Waals surface area contributed by atoms with Crippen molar-refractivity contribution in [2.75, 3.05) is 5.88 Å². The summed E-state index contributed by atoms with van der Waals surface area (Å²) in [5, 5.41) is 0. The van der Waals surface area contributed by atoms with Gasteiger partial charge in [0.05, 0.1) is 11.0 Å². The zero-order valence-electron chi connectivity index (χ0n) is 12.0. The Bertz CT molecular complexity index is 808. The summed E-state index contributed by atoms with van der Waals surface area (Å²) in [5.41, 5.74) is 5.70. The summed E-state index contributed by atoms with van der Waals surface area (Å²) < 4.78 is 3.31. The Morgan fingerprint density at radius 2 is 1.95 bits per heavy atom. The van der Waals surface area contributed by atoms with E-state index < -0.39 is 0 Å². The van der Waals surface area contributed by atoms with Crippen LogP contribution in [0, 0.1) is 13.8 Å². The van der Waals surface area contributed by atoms with Crippen LogP contribution in [0.2, 0.25) is 0 Å². The van der Waals surface area contributed by atoms with Crippen molar-refractivity contribution in [2.45, 2.75) is 20.3 Å². The lowest BCUT2D eigenvalue weighted by Crippen LogP contribution is -2.02. The van der Waals surface area contributed by atoms with Gasteiger partial charge in [0.1, 0.15) is 5.82 Å². The predicted molar refractivity (Wildman–Crippen MR) is 92.7 cm³/mol. The number of hydrogen-bond acceptors (Lipinski definition) is 1. The molecule has 1 aromatic heterocycles. The summed E-state index contributed by atoms with van der Waals surface area (Å²) in [6, 6.07) is 12.7. The molecule has 0 radical (unpaired) electrons. The molecule has 108 valence electrons. The summed E-state index contributed by atoms with van der Waals surface area (Å²) in [6.07, 6.45) is 0.751. The van der Waals surface area contributed by atoms with Gasteiger partial charge in [0.15, 0.2) is 0 Å². The first-order chi connectivity index (χ1) is 10.1. The van der Waals surface area contributed by atoms with Crippen molar-refractivity contribution in [3.8, 4) is 5.69 Å². The number of hydrogen-bond donors (Lipinski definition) is 0. The van der Waals surface area contributed by atoms with Crippen molar-refractivity contribution in [2.24, 2.45) is 0 Å². The quantitative estimate of drug-likeness (QED) is 0.586. The number of alkyl halides is 1. The zero-order valence-corrected chi connectivity index (χ0v) is 14.4. The van der Waals surface area contributed by atoms with Crippen molar-refractivity contribution in [1.29, 1.82) is 0 Å². The maximum absolute atomic E-state index is 5.96. The molecule has 0 bridgehead atoms. The summed E-state index contributed by atoms with van der Waals surface area (Å²) in [7, 11) is 0. The van der Waals surface area contributed by atoms with Gasteiger partial charge in [-0.3, -0.25) is 4.57 Å². The molecule has 0 fully saturated rings. The fraction of sp³-hybridized carbons (Fsp3) is 0.235. The van der Waals surface area contributed by atoms with E-state index in [2.05, 4.69) is 70.7 Å². The molecule has 0 aliphatic heterocycles. The largest absolute Gasteiger partial charge is 0.296 e. The molecular formula is C17H16BrClN2. The van der Waals surface area contributed by atoms with Crippen molar-refractivity contribution in [3.05, 3.63) is 57.8 Å². The minimum Gasteiger partial charge on any atom is -0.296 e. The number of aromatic nitrogens is 2. The Kier molecular flexibility index (Phi) is 4.05. The van der Waals surface area contributed by atoms with Crippen LogP contribution in [0.1, 0.15) is 17.0 Å². The highest BCUT2D eigenvalue weighted by Gasteiger charge is 2.13. The lowest BCUT2D eigenvalue weighted by Gasteiger charge is -2.10. The van der Waals surface area contributed by atoms with E-state index in [4.69, 9.17) is 16.6 Å². The number of nitrogens with zero attached hydrogens (tertiary/aromatic N) is 2. The highest BCUT2D eigenvalue weighted by atomic mass is 79.9. The Labute approximate surface area is 137 Å². The van der Waals surface area contributed by atoms with Gasteiger partial charge in [-0.05, 0) is 43.2 Å². The van der Waals surface area contributed by atoms with Gasteiger partial charge in [0.2, 0.25) is 0 Å². The molecule has 21 heavy (non-hydrogen) atoms. The highest BCUT2D eigenvalue weighted by Crippen LogP contribution is 2.27. The Morgan fingerprint density at radius 1 is 1.14 bits per heavy atom. The maximum atomic E-state index is 5.96. The van der Waals surface area contributed by atoms with E-state index in [1.807, 2.05) is 0 Å². The third-order valence-electron chi connectivity index (χ3n) is 3.69. The van der Waals surface area contributed by atoms with Gasteiger partial charge in [-0.15, -0.1) is 11.6 Å². The van der Waals surface area contributed by atoms with Gasteiger partial charge in [0, 0.05) is 22.5 Å². The molecule has 1 heterocycles. The standard InChI is InChI=1S/C17H16BrClN2/c1-11-6-7-13(10-14(11)18)21-15-5-3-4-12(2)17(15)20-16(21)8-9-19/h3-7,10H,8-9H2,1-2H3. The average molecular weight is 364 g/mol. The molecule has 0 spiro atoms. The Balaban J connectivity index is 2.30. The molecular weight excluding hydrogens is 348 g/mol. The first-order valence-electron chi connectivity index (χ1n) is 6.91. The molecule has 0 N–H and O–H groups in total. The lowest BCUT2D eigenvalue weighted by molar-refractivity contribution is 0.911. The van der Waals surface area contributed by atoms with Crippen LogP contribution in [-0.4, -0.2) is 15.4 Å². The average Bonchev–Trinajstić information content (AvgIpc) is 2.82. The molecule has 3 aromatic rings. The molecule has 3 rings (SSSR count). The second-order valence-corrected chi connectivity index (χ2v) is 6.41. The zero-order chi connectivity index (χ0) is 15.0. The smallest absolute Gasteiger partial charge is 0.115 e. The van der Waals surface area contributed by atoms with E-state index in [0.717, 1.165) is 33.4 Å². The van der Waals surface area contributed by atoms with E-state index in [9.17, 15) is 0 Å². The predicted octanol–water partition coefficient (Wildman–Crippen LogP) is 5.19. The molecule has 0 aliphatic rings. The first-order valence-corrected chi connectivity index (χ1v) is 8.24. The van der Waals surface area contributed by atoms with E-state index in [-0.39, 0.29) is 0 Å². The number of halogens is 2. The molecule has 0 atom stereocenters. The van der Waals surface area contributed by atoms with Gasteiger partial charge < -0.3 is 0 Å². The molecule has 0 saturated carbocycles. The van der Waals surface area contributed by atoms with Gasteiger partial charge in [-0.1, -0.05) is 34.1 Å². The SMILES string of the molecule is Cc1ccc(-n2c(CCCl)nc3c(C)cccc32)cc1Br. The third-order valence-corrected chi connectivity index (χ3v) is 4.73. The van der Waals surface area contributed by atoms with E-state index >= 15 is 0 Å². The monoisotopic (exact) mass is 362 g/mol. The van der Waals surface area contributed by atoms with Crippen molar-refractivity contribution < 1.29 is 0 Å². The maximum Gasteiger partial charge on any atom is 0.115 e. The normalized spacial score (nSPS) is 11.2. The van der Waals surface area contributed by atoms with Crippen LogP contribution in [0.15, 0.2) is 40.9 Å². The van der Waals surface area contributed by atoms with Crippen LogP contribution in [0.3, 0.4) is 0 Å². The van der Waals surface area contributed by atoms with E-state index in [1.54, 1.807) is 0 Å². The summed E-state index contributed by atoms with van der Waals surface area (Å²) in [6.45, 7) is 4.18.